The Labute approximate surface area is 128 Å². The van der Waals surface area contributed by atoms with Crippen LogP contribution in [0.5, 0.6) is 0 Å². The highest BCUT2D eigenvalue weighted by Gasteiger charge is 2.18. The van der Waals surface area contributed by atoms with E-state index in [0.29, 0.717) is 18.0 Å². The van der Waals surface area contributed by atoms with Crippen molar-refractivity contribution in [2.75, 3.05) is 13.2 Å². The van der Waals surface area contributed by atoms with Crippen LogP contribution in [0.15, 0.2) is 42.5 Å². The predicted octanol–water partition coefficient (Wildman–Crippen LogP) is 4.55. The van der Waals surface area contributed by atoms with Gasteiger partial charge in [-0.15, -0.1) is 0 Å². The van der Waals surface area contributed by atoms with Crippen molar-refractivity contribution >= 4 is 10.8 Å². The summed E-state index contributed by atoms with van der Waals surface area (Å²) in [6.07, 6.45) is 0. The lowest BCUT2D eigenvalue weighted by molar-refractivity contribution is 0.104. The summed E-state index contributed by atoms with van der Waals surface area (Å²) in [4.78, 5) is 0. The first-order valence-corrected chi connectivity index (χ1v) is 7.95. The molecular formula is C19H27NO. The van der Waals surface area contributed by atoms with Gasteiger partial charge in [0, 0.05) is 18.7 Å². The van der Waals surface area contributed by atoms with Crippen LogP contribution < -0.4 is 5.32 Å². The van der Waals surface area contributed by atoms with Gasteiger partial charge in [0.1, 0.15) is 0 Å². The third-order valence-corrected chi connectivity index (χ3v) is 4.06. The van der Waals surface area contributed by atoms with Crippen molar-refractivity contribution in [2.45, 2.75) is 39.8 Å². The number of hydrogen-bond donors (Lipinski definition) is 1. The average molecular weight is 285 g/mol. The van der Waals surface area contributed by atoms with Gasteiger partial charge in [0.15, 0.2) is 0 Å². The first-order valence-electron chi connectivity index (χ1n) is 7.95. The van der Waals surface area contributed by atoms with Gasteiger partial charge in [-0.25, -0.2) is 0 Å². The number of ether oxygens (including phenoxy) is 1. The average Bonchev–Trinajstić information content (AvgIpc) is 2.50. The molecule has 2 rings (SSSR count). The third-order valence-electron chi connectivity index (χ3n) is 4.06. The van der Waals surface area contributed by atoms with Crippen molar-refractivity contribution in [3.8, 4) is 0 Å². The standard InChI is InChI=1S/C19H27NO/c1-5-21-13-19(14(2)3)20-15(4)17-12-8-10-16-9-6-7-11-18(16)17/h6-12,14-15,19-20H,5,13H2,1-4H3. The Morgan fingerprint density at radius 2 is 1.71 bits per heavy atom. The SMILES string of the molecule is CCOCC(NC(C)c1cccc2ccccc12)C(C)C. The van der Waals surface area contributed by atoms with E-state index in [1.165, 1.54) is 16.3 Å². The molecule has 0 saturated heterocycles. The van der Waals surface area contributed by atoms with Crippen molar-refractivity contribution in [3.05, 3.63) is 48.0 Å². The first kappa shape index (κ1) is 16.0. The van der Waals surface area contributed by atoms with Gasteiger partial charge in [-0.05, 0) is 36.1 Å². The predicted molar refractivity (Wildman–Crippen MR) is 90.6 cm³/mol. The van der Waals surface area contributed by atoms with Crippen LogP contribution in [0.3, 0.4) is 0 Å². The first-order chi connectivity index (χ1) is 10.1. The third kappa shape index (κ3) is 4.05. The monoisotopic (exact) mass is 285 g/mol. The maximum Gasteiger partial charge on any atom is 0.0622 e. The molecule has 0 aliphatic rings. The lowest BCUT2D eigenvalue weighted by Gasteiger charge is -2.27. The fourth-order valence-corrected chi connectivity index (χ4v) is 2.72. The number of hydrogen-bond acceptors (Lipinski definition) is 2. The molecule has 2 aromatic rings. The van der Waals surface area contributed by atoms with E-state index in [0.717, 1.165) is 13.2 Å². The van der Waals surface area contributed by atoms with Gasteiger partial charge in [0.05, 0.1) is 6.61 Å². The summed E-state index contributed by atoms with van der Waals surface area (Å²) >= 11 is 0. The number of rotatable bonds is 7. The van der Waals surface area contributed by atoms with E-state index >= 15 is 0 Å². The van der Waals surface area contributed by atoms with E-state index in [4.69, 9.17) is 4.74 Å². The second-order valence-electron chi connectivity index (χ2n) is 5.97. The molecule has 2 heteroatoms. The Morgan fingerprint density at radius 1 is 1.00 bits per heavy atom. The van der Waals surface area contributed by atoms with Crippen molar-refractivity contribution in [3.63, 3.8) is 0 Å². The van der Waals surface area contributed by atoms with Gasteiger partial charge < -0.3 is 10.1 Å². The molecule has 2 aromatic carbocycles. The minimum atomic E-state index is 0.309. The smallest absolute Gasteiger partial charge is 0.0622 e. The highest BCUT2D eigenvalue weighted by Crippen LogP contribution is 2.25. The molecule has 0 saturated carbocycles. The topological polar surface area (TPSA) is 21.3 Å². The summed E-state index contributed by atoms with van der Waals surface area (Å²) in [7, 11) is 0. The van der Waals surface area contributed by atoms with E-state index in [1.807, 2.05) is 6.92 Å². The largest absolute Gasteiger partial charge is 0.380 e. The summed E-state index contributed by atoms with van der Waals surface area (Å²) in [5.41, 5.74) is 1.36. The maximum atomic E-state index is 5.62. The van der Waals surface area contributed by atoms with Gasteiger partial charge in [0.25, 0.3) is 0 Å². The van der Waals surface area contributed by atoms with Gasteiger partial charge in [0.2, 0.25) is 0 Å². The van der Waals surface area contributed by atoms with Crippen LogP contribution in [0.2, 0.25) is 0 Å². The van der Waals surface area contributed by atoms with E-state index in [-0.39, 0.29) is 0 Å². The Bertz CT molecular complexity index is 559. The summed E-state index contributed by atoms with van der Waals surface area (Å²) < 4.78 is 5.62. The molecule has 0 aliphatic heterocycles. The lowest BCUT2D eigenvalue weighted by atomic mass is 9.97. The summed E-state index contributed by atoms with van der Waals surface area (Å²) in [5, 5.41) is 6.37. The van der Waals surface area contributed by atoms with Crippen molar-refractivity contribution < 1.29 is 4.74 Å². The lowest BCUT2D eigenvalue weighted by Crippen LogP contribution is -2.39. The second kappa shape index (κ2) is 7.58. The quantitative estimate of drug-likeness (QED) is 0.805. The Kier molecular flexibility index (Phi) is 5.77. The van der Waals surface area contributed by atoms with Gasteiger partial charge in [-0.2, -0.15) is 0 Å². The maximum absolute atomic E-state index is 5.62. The molecule has 0 bridgehead atoms. The van der Waals surface area contributed by atoms with Crippen LogP contribution in [-0.4, -0.2) is 19.3 Å². The Hall–Kier alpha value is -1.38. The minimum Gasteiger partial charge on any atom is -0.380 e. The van der Waals surface area contributed by atoms with E-state index in [9.17, 15) is 0 Å². The molecule has 21 heavy (non-hydrogen) atoms. The number of fused-ring (bicyclic) bond motifs is 1. The highest BCUT2D eigenvalue weighted by atomic mass is 16.5. The molecule has 2 nitrogen and oxygen atoms in total. The molecule has 0 radical (unpaired) electrons. The van der Waals surface area contributed by atoms with Crippen molar-refractivity contribution in [1.82, 2.24) is 5.32 Å². The minimum absolute atomic E-state index is 0.309. The zero-order valence-corrected chi connectivity index (χ0v) is 13.6. The normalized spacial score (nSPS) is 14.5. The van der Waals surface area contributed by atoms with Crippen molar-refractivity contribution in [2.24, 2.45) is 5.92 Å². The van der Waals surface area contributed by atoms with E-state index in [2.05, 4.69) is 68.6 Å². The molecule has 2 atom stereocenters. The van der Waals surface area contributed by atoms with Crippen LogP contribution >= 0.6 is 0 Å². The highest BCUT2D eigenvalue weighted by molar-refractivity contribution is 5.86. The molecule has 0 heterocycles. The number of benzene rings is 2. The molecular weight excluding hydrogens is 258 g/mol. The molecule has 114 valence electrons. The van der Waals surface area contributed by atoms with Crippen LogP contribution in [0, 0.1) is 5.92 Å². The van der Waals surface area contributed by atoms with Gasteiger partial charge in [-0.1, -0.05) is 56.3 Å². The molecule has 0 aliphatic carbocycles. The van der Waals surface area contributed by atoms with Crippen LogP contribution in [-0.2, 0) is 4.74 Å². The molecule has 0 amide bonds. The van der Waals surface area contributed by atoms with Crippen LogP contribution in [0.4, 0.5) is 0 Å². The summed E-state index contributed by atoms with van der Waals surface area (Å²) in [6, 6.07) is 15.8. The second-order valence-corrected chi connectivity index (χ2v) is 5.97. The molecule has 2 unspecified atom stereocenters. The van der Waals surface area contributed by atoms with E-state index < -0.39 is 0 Å². The summed E-state index contributed by atoms with van der Waals surface area (Å²) in [5.74, 6) is 0.550. The number of nitrogens with one attached hydrogen (secondary N) is 1. The zero-order valence-electron chi connectivity index (χ0n) is 13.6. The molecule has 1 N–H and O–H groups in total. The zero-order chi connectivity index (χ0) is 15.2. The Morgan fingerprint density at radius 3 is 2.43 bits per heavy atom. The fourth-order valence-electron chi connectivity index (χ4n) is 2.72. The van der Waals surface area contributed by atoms with Gasteiger partial charge >= 0.3 is 0 Å². The molecule has 0 spiro atoms. The molecule has 0 fully saturated rings. The van der Waals surface area contributed by atoms with Crippen molar-refractivity contribution in [1.29, 1.82) is 0 Å². The van der Waals surface area contributed by atoms with Crippen LogP contribution in [0.1, 0.15) is 39.3 Å². The van der Waals surface area contributed by atoms with Crippen LogP contribution in [0.25, 0.3) is 10.8 Å². The Balaban J connectivity index is 2.19. The molecule has 0 aromatic heterocycles. The van der Waals surface area contributed by atoms with Gasteiger partial charge in [-0.3, -0.25) is 0 Å². The summed E-state index contributed by atoms with van der Waals surface area (Å²) in [6.45, 7) is 10.3. The van der Waals surface area contributed by atoms with E-state index in [1.54, 1.807) is 0 Å². The fraction of sp³-hybridized carbons (Fsp3) is 0.474.